The zero-order valence-corrected chi connectivity index (χ0v) is 17.2. The van der Waals surface area contributed by atoms with Crippen molar-refractivity contribution in [2.24, 2.45) is 0 Å². The summed E-state index contributed by atoms with van der Waals surface area (Å²) in [5.74, 6) is -0.200. The number of benzene rings is 2. The topological polar surface area (TPSA) is 74.0 Å². The van der Waals surface area contributed by atoms with E-state index in [1.54, 1.807) is 0 Å². The molecule has 152 valence electrons. The van der Waals surface area contributed by atoms with Crippen molar-refractivity contribution in [2.75, 3.05) is 0 Å². The van der Waals surface area contributed by atoms with E-state index in [1.165, 1.54) is 0 Å². The van der Waals surface area contributed by atoms with E-state index < -0.39 is 6.04 Å². The molecule has 3 rings (SSSR count). The Kier molecular flexibility index (Phi) is 6.70. The number of hydrogen-bond acceptors (Lipinski definition) is 2. The third kappa shape index (κ3) is 5.47. The molecule has 2 aromatic carbocycles. The van der Waals surface area contributed by atoms with E-state index in [-0.39, 0.29) is 23.8 Å². The Hall–Kier alpha value is -3.08. The third-order valence-corrected chi connectivity index (χ3v) is 5.04. The van der Waals surface area contributed by atoms with Gasteiger partial charge < -0.3 is 15.6 Å². The van der Waals surface area contributed by atoms with Gasteiger partial charge in [0.25, 0.3) is 0 Å². The van der Waals surface area contributed by atoms with E-state index in [0.717, 1.165) is 22.0 Å². The molecule has 3 N–H and O–H groups in total. The van der Waals surface area contributed by atoms with Crippen LogP contribution >= 0.6 is 0 Å². The van der Waals surface area contributed by atoms with Gasteiger partial charge in [0.15, 0.2) is 0 Å². The summed E-state index contributed by atoms with van der Waals surface area (Å²) in [7, 11) is 0. The lowest BCUT2D eigenvalue weighted by Crippen LogP contribution is -2.49. The first-order valence-electron chi connectivity index (χ1n) is 10.1. The van der Waals surface area contributed by atoms with Crippen LogP contribution in [0.3, 0.4) is 0 Å². The van der Waals surface area contributed by atoms with Crippen LogP contribution in [0.15, 0.2) is 60.8 Å². The highest BCUT2D eigenvalue weighted by atomic mass is 16.2. The smallest absolute Gasteiger partial charge is 0.243 e. The molecule has 0 bridgehead atoms. The molecule has 2 unspecified atom stereocenters. The van der Waals surface area contributed by atoms with Crippen molar-refractivity contribution in [2.45, 2.75) is 51.6 Å². The molecule has 0 saturated carbocycles. The highest BCUT2D eigenvalue weighted by Crippen LogP contribution is 2.21. The number of fused-ring (bicyclic) bond motifs is 1. The normalized spacial score (nSPS) is 13.2. The average Bonchev–Trinajstić information content (AvgIpc) is 3.10. The van der Waals surface area contributed by atoms with Gasteiger partial charge in [0.2, 0.25) is 11.8 Å². The van der Waals surface area contributed by atoms with Crippen LogP contribution in [0.1, 0.15) is 44.2 Å². The fourth-order valence-corrected chi connectivity index (χ4v) is 3.55. The van der Waals surface area contributed by atoms with Crippen LogP contribution in [-0.4, -0.2) is 28.9 Å². The SMILES string of the molecule is CC(C)NC(=O)C(Cc1c[nH]c2ccccc12)NC(=O)CC(C)c1ccccc1. The van der Waals surface area contributed by atoms with Crippen molar-refractivity contribution in [1.82, 2.24) is 15.6 Å². The lowest BCUT2D eigenvalue weighted by molar-refractivity contribution is -0.129. The number of hydrogen-bond donors (Lipinski definition) is 3. The Morgan fingerprint density at radius 3 is 2.34 bits per heavy atom. The number of H-pyrrole nitrogens is 1. The van der Waals surface area contributed by atoms with Gasteiger partial charge in [0, 0.05) is 36.0 Å². The summed E-state index contributed by atoms with van der Waals surface area (Å²) < 4.78 is 0. The second kappa shape index (κ2) is 9.41. The number of rotatable bonds is 8. The maximum Gasteiger partial charge on any atom is 0.243 e. The van der Waals surface area contributed by atoms with E-state index >= 15 is 0 Å². The lowest BCUT2D eigenvalue weighted by atomic mass is 9.97. The van der Waals surface area contributed by atoms with Crippen molar-refractivity contribution in [3.05, 3.63) is 71.9 Å². The Balaban J connectivity index is 1.73. The predicted octanol–water partition coefficient (Wildman–Crippen LogP) is 3.91. The van der Waals surface area contributed by atoms with Crippen LogP contribution in [0.25, 0.3) is 10.9 Å². The first-order valence-corrected chi connectivity index (χ1v) is 10.1. The molecule has 0 fully saturated rings. The molecule has 0 aliphatic rings. The molecule has 5 nitrogen and oxygen atoms in total. The molecule has 2 atom stereocenters. The van der Waals surface area contributed by atoms with Gasteiger partial charge in [-0.3, -0.25) is 9.59 Å². The summed E-state index contributed by atoms with van der Waals surface area (Å²) in [6, 6.07) is 17.3. The molecule has 1 heterocycles. The molecule has 0 spiro atoms. The van der Waals surface area contributed by atoms with Gasteiger partial charge in [-0.1, -0.05) is 55.5 Å². The quantitative estimate of drug-likeness (QED) is 0.545. The minimum absolute atomic E-state index is 0.00751. The minimum Gasteiger partial charge on any atom is -0.361 e. The monoisotopic (exact) mass is 391 g/mol. The second-order valence-electron chi connectivity index (χ2n) is 7.86. The zero-order chi connectivity index (χ0) is 20.8. The molecular weight excluding hydrogens is 362 g/mol. The van der Waals surface area contributed by atoms with Gasteiger partial charge in [-0.15, -0.1) is 0 Å². The fraction of sp³-hybridized carbons (Fsp3) is 0.333. The van der Waals surface area contributed by atoms with Crippen molar-refractivity contribution in [3.63, 3.8) is 0 Å². The summed E-state index contributed by atoms with van der Waals surface area (Å²) in [4.78, 5) is 28.7. The molecule has 29 heavy (non-hydrogen) atoms. The molecule has 0 aliphatic carbocycles. The maximum absolute atomic E-state index is 12.8. The third-order valence-electron chi connectivity index (χ3n) is 5.04. The second-order valence-corrected chi connectivity index (χ2v) is 7.86. The van der Waals surface area contributed by atoms with Crippen molar-refractivity contribution < 1.29 is 9.59 Å². The van der Waals surface area contributed by atoms with Crippen molar-refractivity contribution in [3.8, 4) is 0 Å². The number of carbonyl (C=O) groups excluding carboxylic acids is 2. The van der Waals surface area contributed by atoms with Gasteiger partial charge in [-0.2, -0.15) is 0 Å². The number of nitrogens with one attached hydrogen (secondary N) is 3. The van der Waals surface area contributed by atoms with Crippen LogP contribution in [0.5, 0.6) is 0 Å². The van der Waals surface area contributed by atoms with Gasteiger partial charge >= 0.3 is 0 Å². The van der Waals surface area contributed by atoms with Crippen LogP contribution < -0.4 is 10.6 Å². The van der Waals surface area contributed by atoms with Gasteiger partial charge in [-0.25, -0.2) is 0 Å². The van der Waals surface area contributed by atoms with E-state index in [9.17, 15) is 9.59 Å². The van der Waals surface area contributed by atoms with Crippen LogP contribution in [0.4, 0.5) is 0 Å². The van der Waals surface area contributed by atoms with Crippen LogP contribution in [0.2, 0.25) is 0 Å². The summed E-state index contributed by atoms with van der Waals surface area (Å²) >= 11 is 0. The van der Waals surface area contributed by atoms with Gasteiger partial charge in [0.05, 0.1) is 0 Å². The summed E-state index contributed by atoms with van der Waals surface area (Å²) in [5, 5.41) is 6.96. The van der Waals surface area contributed by atoms with E-state index in [4.69, 9.17) is 0 Å². The number of para-hydroxylation sites is 1. The predicted molar refractivity (Wildman–Crippen MR) is 117 cm³/mol. The van der Waals surface area contributed by atoms with E-state index in [0.29, 0.717) is 12.8 Å². The maximum atomic E-state index is 12.8. The van der Waals surface area contributed by atoms with E-state index in [1.807, 2.05) is 81.6 Å². The summed E-state index contributed by atoms with van der Waals surface area (Å²) in [6.07, 6.45) is 2.69. The van der Waals surface area contributed by atoms with Crippen molar-refractivity contribution in [1.29, 1.82) is 0 Å². The zero-order valence-electron chi connectivity index (χ0n) is 17.2. The fourth-order valence-electron chi connectivity index (χ4n) is 3.55. The highest BCUT2D eigenvalue weighted by Gasteiger charge is 2.24. The number of aromatic amines is 1. The molecule has 1 aromatic heterocycles. The molecule has 2 amide bonds. The molecule has 0 saturated heterocycles. The molecular formula is C24H29N3O2. The summed E-state index contributed by atoms with van der Waals surface area (Å²) in [5.41, 5.74) is 3.15. The highest BCUT2D eigenvalue weighted by molar-refractivity contribution is 5.90. The first-order chi connectivity index (χ1) is 13.9. The van der Waals surface area contributed by atoms with Gasteiger partial charge in [-0.05, 0) is 37.0 Å². The number of carbonyl (C=O) groups is 2. The van der Waals surface area contributed by atoms with Crippen LogP contribution in [-0.2, 0) is 16.0 Å². The largest absolute Gasteiger partial charge is 0.361 e. The Morgan fingerprint density at radius 1 is 0.931 bits per heavy atom. The van der Waals surface area contributed by atoms with Crippen molar-refractivity contribution >= 4 is 22.7 Å². The standard InChI is InChI=1S/C24H29N3O2/c1-16(2)26-24(29)22(14-19-15-25-21-12-8-7-11-20(19)21)27-23(28)13-17(3)18-9-5-4-6-10-18/h4-12,15-17,22,25H,13-14H2,1-3H3,(H,26,29)(H,27,28). The minimum atomic E-state index is -0.618. The van der Waals surface area contributed by atoms with Crippen LogP contribution in [0, 0.1) is 0 Å². The molecule has 5 heteroatoms. The Bertz CT molecular complexity index is 962. The Morgan fingerprint density at radius 2 is 1.62 bits per heavy atom. The first kappa shape index (κ1) is 20.6. The number of amides is 2. The van der Waals surface area contributed by atoms with Gasteiger partial charge in [0.1, 0.15) is 6.04 Å². The lowest BCUT2D eigenvalue weighted by Gasteiger charge is -2.21. The molecule has 0 aliphatic heterocycles. The number of aromatic nitrogens is 1. The van der Waals surface area contributed by atoms with E-state index in [2.05, 4.69) is 15.6 Å². The summed E-state index contributed by atoms with van der Waals surface area (Å²) in [6.45, 7) is 5.86. The Labute approximate surface area is 171 Å². The average molecular weight is 392 g/mol. The molecule has 0 radical (unpaired) electrons. The molecule has 3 aromatic rings.